The van der Waals surface area contributed by atoms with Gasteiger partial charge in [0.25, 0.3) is 0 Å². The van der Waals surface area contributed by atoms with Crippen molar-refractivity contribution in [3.05, 3.63) is 71.3 Å². The van der Waals surface area contributed by atoms with Gasteiger partial charge in [0.1, 0.15) is 17.4 Å². The number of hydrogen-bond donors (Lipinski definition) is 0. The monoisotopic (exact) mass is 358 g/mol. The molecule has 0 spiro atoms. The van der Waals surface area contributed by atoms with Crippen LogP contribution < -0.4 is 0 Å². The Kier molecular flexibility index (Phi) is 7.96. The second kappa shape index (κ2) is 10.2. The Morgan fingerprint density at radius 3 is 1.50 bits per heavy atom. The minimum absolute atomic E-state index is 0.139. The normalized spacial score (nSPS) is 13.4. The third-order valence-electron chi connectivity index (χ3n) is 4.93. The van der Waals surface area contributed by atoms with Crippen molar-refractivity contribution >= 4 is 5.78 Å². The molecule has 0 saturated carbocycles. The van der Waals surface area contributed by atoms with Gasteiger partial charge in [-0.1, -0.05) is 63.1 Å². The topological polar surface area (TPSA) is 17.1 Å². The molecular weight excluding hydrogens is 330 g/mol. The zero-order chi connectivity index (χ0) is 18.9. The van der Waals surface area contributed by atoms with Crippen molar-refractivity contribution in [2.45, 2.75) is 52.4 Å². The van der Waals surface area contributed by atoms with Crippen molar-refractivity contribution in [3.8, 4) is 0 Å². The van der Waals surface area contributed by atoms with E-state index in [9.17, 15) is 13.6 Å². The molecule has 0 aliphatic rings. The van der Waals surface area contributed by atoms with Gasteiger partial charge in [-0.05, 0) is 48.9 Å². The van der Waals surface area contributed by atoms with E-state index in [4.69, 9.17) is 0 Å². The standard InChI is InChI=1S/C23H28F2O/c1-3-9-19(15-17-11-5-7-13-21(17)24)23(26)20(10-4-2)16-18-12-6-8-14-22(18)25/h5-8,11-14,19-20H,3-4,9-10,15-16H2,1-2H3. The van der Waals surface area contributed by atoms with E-state index in [-0.39, 0.29) is 29.3 Å². The van der Waals surface area contributed by atoms with Gasteiger partial charge in [0.05, 0.1) is 0 Å². The summed E-state index contributed by atoms with van der Waals surface area (Å²) >= 11 is 0. The molecule has 0 amide bonds. The zero-order valence-electron chi connectivity index (χ0n) is 15.7. The van der Waals surface area contributed by atoms with Crippen molar-refractivity contribution < 1.29 is 13.6 Å². The van der Waals surface area contributed by atoms with Crippen molar-refractivity contribution in [1.82, 2.24) is 0 Å². The van der Waals surface area contributed by atoms with Gasteiger partial charge < -0.3 is 0 Å². The third-order valence-corrected chi connectivity index (χ3v) is 4.93. The van der Waals surface area contributed by atoms with Crippen LogP contribution in [-0.2, 0) is 17.6 Å². The SMILES string of the molecule is CCCC(Cc1ccccc1F)C(=O)C(CCC)Cc1ccccc1F. The summed E-state index contributed by atoms with van der Waals surface area (Å²) in [6.07, 6.45) is 4.01. The maximum atomic E-state index is 14.0. The first-order valence-corrected chi connectivity index (χ1v) is 9.57. The van der Waals surface area contributed by atoms with Crippen LogP contribution in [0.25, 0.3) is 0 Å². The lowest BCUT2D eigenvalue weighted by Crippen LogP contribution is -2.27. The first-order valence-electron chi connectivity index (χ1n) is 9.57. The van der Waals surface area contributed by atoms with E-state index in [2.05, 4.69) is 0 Å². The number of hydrogen-bond acceptors (Lipinski definition) is 1. The number of benzene rings is 2. The molecule has 140 valence electrons. The maximum absolute atomic E-state index is 14.0. The van der Waals surface area contributed by atoms with Gasteiger partial charge in [-0.3, -0.25) is 4.79 Å². The van der Waals surface area contributed by atoms with E-state index >= 15 is 0 Å². The molecule has 0 aliphatic carbocycles. The number of carbonyl (C=O) groups excluding carboxylic acids is 1. The maximum Gasteiger partial charge on any atom is 0.139 e. The van der Waals surface area contributed by atoms with Crippen LogP contribution in [0.3, 0.4) is 0 Å². The smallest absolute Gasteiger partial charge is 0.139 e. The van der Waals surface area contributed by atoms with Crippen LogP contribution >= 0.6 is 0 Å². The minimum Gasteiger partial charge on any atom is -0.299 e. The van der Waals surface area contributed by atoms with E-state index in [0.29, 0.717) is 24.0 Å². The summed E-state index contributed by atoms with van der Waals surface area (Å²) in [6, 6.07) is 13.3. The second-order valence-electron chi connectivity index (χ2n) is 6.96. The van der Waals surface area contributed by atoms with Crippen LogP contribution in [0.15, 0.2) is 48.5 Å². The average molecular weight is 358 g/mol. The molecule has 0 heterocycles. The van der Waals surface area contributed by atoms with Crippen LogP contribution in [-0.4, -0.2) is 5.78 Å². The highest BCUT2D eigenvalue weighted by molar-refractivity contribution is 5.84. The molecule has 2 aromatic rings. The minimum atomic E-state index is -0.262. The predicted molar refractivity (Wildman–Crippen MR) is 102 cm³/mol. The fourth-order valence-electron chi connectivity index (χ4n) is 3.58. The molecule has 0 aliphatic heterocycles. The molecule has 0 N–H and O–H groups in total. The molecule has 0 bridgehead atoms. The molecule has 2 aromatic carbocycles. The quantitative estimate of drug-likeness (QED) is 0.498. The molecule has 2 rings (SSSR count). The van der Waals surface area contributed by atoms with Gasteiger partial charge in [-0.15, -0.1) is 0 Å². The highest BCUT2D eigenvalue weighted by atomic mass is 19.1. The van der Waals surface area contributed by atoms with Crippen LogP contribution in [0, 0.1) is 23.5 Å². The van der Waals surface area contributed by atoms with Gasteiger partial charge in [-0.2, -0.15) is 0 Å². The van der Waals surface area contributed by atoms with Crippen molar-refractivity contribution in [3.63, 3.8) is 0 Å². The van der Waals surface area contributed by atoms with Crippen LogP contribution in [0.5, 0.6) is 0 Å². The first-order chi connectivity index (χ1) is 12.6. The molecule has 26 heavy (non-hydrogen) atoms. The van der Waals surface area contributed by atoms with E-state index in [1.807, 2.05) is 13.8 Å². The number of ketones is 1. The van der Waals surface area contributed by atoms with E-state index in [1.165, 1.54) is 12.1 Å². The van der Waals surface area contributed by atoms with E-state index in [0.717, 1.165) is 25.7 Å². The molecule has 0 radical (unpaired) electrons. The van der Waals surface area contributed by atoms with E-state index < -0.39 is 0 Å². The summed E-state index contributed by atoms with van der Waals surface area (Å²) in [5, 5.41) is 0. The number of rotatable bonds is 10. The Hall–Kier alpha value is -2.03. The number of Topliss-reactive ketones (excluding diaryl/α,β-unsaturated/α-hetero) is 1. The lowest BCUT2D eigenvalue weighted by Gasteiger charge is -2.23. The summed E-state index contributed by atoms with van der Waals surface area (Å²) in [5.41, 5.74) is 1.17. The number of carbonyl (C=O) groups is 1. The number of halogens is 2. The molecule has 1 nitrogen and oxygen atoms in total. The van der Waals surface area contributed by atoms with Gasteiger partial charge >= 0.3 is 0 Å². The lowest BCUT2D eigenvalue weighted by molar-refractivity contribution is -0.127. The Morgan fingerprint density at radius 1 is 0.769 bits per heavy atom. The molecular formula is C23H28F2O. The fourth-order valence-corrected chi connectivity index (χ4v) is 3.58. The fraction of sp³-hybridized carbons (Fsp3) is 0.435. The van der Waals surface area contributed by atoms with Gasteiger partial charge in [0, 0.05) is 11.8 Å². The van der Waals surface area contributed by atoms with Crippen molar-refractivity contribution in [2.24, 2.45) is 11.8 Å². The Bertz CT molecular complexity index is 651. The predicted octanol–water partition coefficient (Wildman–Crippen LogP) is 6.15. The van der Waals surface area contributed by atoms with Crippen molar-refractivity contribution in [1.29, 1.82) is 0 Å². The average Bonchev–Trinajstić information content (AvgIpc) is 2.64. The third kappa shape index (κ3) is 5.48. The largest absolute Gasteiger partial charge is 0.299 e. The Labute approximate surface area is 155 Å². The van der Waals surface area contributed by atoms with Crippen molar-refractivity contribution in [2.75, 3.05) is 0 Å². The summed E-state index contributed by atoms with van der Waals surface area (Å²) in [5.74, 6) is -0.828. The molecule has 2 unspecified atom stereocenters. The summed E-state index contributed by atoms with van der Waals surface area (Å²) in [7, 11) is 0. The summed E-state index contributed by atoms with van der Waals surface area (Å²) < 4.78 is 28.1. The molecule has 3 heteroatoms. The Morgan fingerprint density at radius 2 is 1.15 bits per heavy atom. The zero-order valence-corrected chi connectivity index (χ0v) is 15.7. The van der Waals surface area contributed by atoms with Crippen LogP contribution in [0.4, 0.5) is 8.78 Å². The second-order valence-corrected chi connectivity index (χ2v) is 6.96. The highest BCUT2D eigenvalue weighted by Gasteiger charge is 2.27. The molecule has 0 saturated heterocycles. The lowest BCUT2D eigenvalue weighted by atomic mass is 9.80. The van der Waals surface area contributed by atoms with Gasteiger partial charge in [0.2, 0.25) is 0 Å². The van der Waals surface area contributed by atoms with Gasteiger partial charge in [-0.25, -0.2) is 8.78 Å². The first kappa shape index (κ1) is 20.3. The molecule has 0 fully saturated rings. The van der Waals surface area contributed by atoms with Crippen LogP contribution in [0.1, 0.15) is 50.7 Å². The molecule has 0 aromatic heterocycles. The summed E-state index contributed by atoms with van der Waals surface area (Å²) in [4.78, 5) is 13.2. The van der Waals surface area contributed by atoms with Gasteiger partial charge in [0.15, 0.2) is 0 Å². The highest BCUT2D eigenvalue weighted by Crippen LogP contribution is 2.26. The summed E-state index contributed by atoms with van der Waals surface area (Å²) in [6.45, 7) is 4.07. The van der Waals surface area contributed by atoms with Crippen LogP contribution in [0.2, 0.25) is 0 Å². The van der Waals surface area contributed by atoms with E-state index in [1.54, 1.807) is 36.4 Å². The molecule has 2 atom stereocenters. The Balaban J connectivity index is 2.19.